The fourth-order valence-electron chi connectivity index (χ4n) is 6.03. The van der Waals surface area contributed by atoms with Crippen molar-refractivity contribution in [2.45, 2.75) is 57.7 Å². The maximum absolute atomic E-state index is 12.6. The summed E-state index contributed by atoms with van der Waals surface area (Å²) in [4.78, 5) is 12.3. The van der Waals surface area contributed by atoms with Gasteiger partial charge >= 0.3 is 6.18 Å². The summed E-state index contributed by atoms with van der Waals surface area (Å²) in [5.41, 5.74) is -0.506. The van der Waals surface area contributed by atoms with Crippen LogP contribution in [0.2, 0.25) is 0 Å². The second-order valence-corrected chi connectivity index (χ2v) is 8.88. The summed E-state index contributed by atoms with van der Waals surface area (Å²) >= 11 is 0. The van der Waals surface area contributed by atoms with Crippen molar-refractivity contribution in [2.24, 2.45) is 23.2 Å². The van der Waals surface area contributed by atoms with E-state index in [0.29, 0.717) is 0 Å². The molecule has 0 aromatic heterocycles. The molecule has 148 valence electrons. The first-order valence-electron chi connectivity index (χ1n) is 9.83. The van der Waals surface area contributed by atoms with Gasteiger partial charge in [0.15, 0.2) is 6.61 Å². The standard InChI is InChI=1S/C21H26F3NO2/c1-13(20-9-14-6-15(10-20)8-16(7-14)11-20)25-19(26)12-27-18-4-2-17(3-5-18)21(22,23)24/h2-5,13-16H,6-12H2,1H3,(H,25,26)/t13-,14?,15?,16?,20?/m0/s1. The van der Waals surface area contributed by atoms with Gasteiger partial charge in [0.2, 0.25) is 0 Å². The van der Waals surface area contributed by atoms with Crippen LogP contribution in [-0.4, -0.2) is 18.6 Å². The van der Waals surface area contributed by atoms with E-state index in [0.717, 1.165) is 29.9 Å². The largest absolute Gasteiger partial charge is 0.484 e. The van der Waals surface area contributed by atoms with Crippen LogP contribution >= 0.6 is 0 Å². The van der Waals surface area contributed by atoms with Gasteiger partial charge in [-0.2, -0.15) is 13.2 Å². The Morgan fingerprint density at radius 2 is 1.63 bits per heavy atom. The van der Waals surface area contributed by atoms with Crippen molar-refractivity contribution < 1.29 is 22.7 Å². The summed E-state index contributed by atoms with van der Waals surface area (Å²) in [7, 11) is 0. The molecule has 0 saturated heterocycles. The predicted molar refractivity (Wildman–Crippen MR) is 95.1 cm³/mol. The number of rotatable bonds is 5. The van der Waals surface area contributed by atoms with Gasteiger partial charge in [-0.3, -0.25) is 4.79 Å². The van der Waals surface area contributed by atoms with Crippen molar-refractivity contribution in [1.29, 1.82) is 0 Å². The minimum absolute atomic E-state index is 0.106. The number of nitrogens with one attached hydrogen (secondary N) is 1. The van der Waals surface area contributed by atoms with Crippen LogP contribution in [0, 0.1) is 23.2 Å². The molecular weight excluding hydrogens is 355 g/mol. The highest BCUT2D eigenvalue weighted by molar-refractivity contribution is 5.77. The van der Waals surface area contributed by atoms with Gasteiger partial charge in [-0.25, -0.2) is 0 Å². The average Bonchev–Trinajstić information content (AvgIpc) is 2.58. The zero-order valence-corrected chi connectivity index (χ0v) is 15.5. The first-order chi connectivity index (χ1) is 12.7. The van der Waals surface area contributed by atoms with Gasteiger partial charge in [-0.15, -0.1) is 0 Å². The molecule has 4 fully saturated rings. The van der Waals surface area contributed by atoms with Crippen LogP contribution in [0.1, 0.15) is 51.0 Å². The van der Waals surface area contributed by atoms with Gasteiger partial charge in [-0.1, -0.05) is 0 Å². The van der Waals surface area contributed by atoms with E-state index in [1.54, 1.807) is 0 Å². The second kappa shape index (κ2) is 6.71. The molecule has 0 heterocycles. The highest BCUT2D eigenvalue weighted by Gasteiger charge is 2.53. The fraction of sp³-hybridized carbons (Fsp3) is 0.667. The molecule has 1 N–H and O–H groups in total. The Morgan fingerprint density at radius 1 is 1.11 bits per heavy atom. The summed E-state index contributed by atoms with van der Waals surface area (Å²) in [5.74, 6) is 2.51. The molecule has 27 heavy (non-hydrogen) atoms. The highest BCUT2D eigenvalue weighted by atomic mass is 19.4. The van der Waals surface area contributed by atoms with Crippen LogP contribution in [0.4, 0.5) is 13.2 Å². The van der Waals surface area contributed by atoms with Gasteiger partial charge in [-0.05, 0) is 92.9 Å². The van der Waals surface area contributed by atoms with E-state index in [2.05, 4.69) is 12.2 Å². The van der Waals surface area contributed by atoms with Crippen molar-refractivity contribution in [3.8, 4) is 5.75 Å². The lowest BCUT2D eigenvalue weighted by Crippen LogP contribution is -2.56. The van der Waals surface area contributed by atoms with Crippen LogP contribution in [0.15, 0.2) is 24.3 Å². The number of amides is 1. The Morgan fingerprint density at radius 3 is 2.11 bits per heavy atom. The zero-order valence-electron chi connectivity index (χ0n) is 15.5. The lowest BCUT2D eigenvalue weighted by Gasteiger charge is -2.59. The van der Waals surface area contributed by atoms with E-state index in [-0.39, 0.29) is 29.7 Å². The van der Waals surface area contributed by atoms with Crippen molar-refractivity contribution >= 4 is 5.91 Å². The number of alkyl halides is 3. The molecule has 5 rings (SSSR count). The SMILES string of the molecule is C[C@H](NC(=O)COc1ccc(C(F)(F)F)cc1)C12CC3CC(CC(C3)C1)C2. The molecule has 6 heteroatoms. The van der Waals surface area contributed by atoms with Gasteiger partial charge < -0.3 is 10.1 Å². The first-order valence-corrected chi connectivity index (χ1v) is 9.83. The van der Waals surface area contributed by atoms with Crippen molar-refractivity contribution in [1.82, 2.24) is 5.32 Å². The third-order valence-corrected chi connectivity index (χ3v) is 6.93. The zero-order chi connectivity index (χ0) is 19.2. The molecule has 1 aromatic carbocycles. The molecule has 4 saturated carbocycles. The maximum atomic E-state index is 12.6. The van der Waals surface area contributed by atoms with Crippen molar-refractivity contribution in [2.75, 3.05) is 6.61 Å². The Bertz CT molecular complexity index is 663. The van der Waals surface area contributed by atoms with Crippen molar-refractivity contribution in [3.05, 3.63) is 29.8 Å². The fourth-order valence-corrected chi connectivity index (χ4v) is 6.03. The molecule has 4 aliphatic rings. The molecule has 1 atom stereocenters. The van der Waals surface area contributed by atoms with E-state index >= 15 is 0 Å². The molecule has 1 aromatic rings. The Hall–Kier alpha value is -1.72. The molecule has 0 aliphatic heterocycles. The number of hydrogen-bond donors (Lipinski definition) is 1. The van der Waals surface area contributed by atoms with E-state index in [1.807, 2.05) is 0 Å². The first kappa shape index (κ1) is 18.6. The van der Waals surface area contributed by atoms with Gasteiger partial charge in [0.1, 0.15) is 5.75 Å². The molecule has 0 radical (unpaired) electrons. The van der Waals surface area contributed by atoms with E-state index in [9.17, 15) is 18.0 Å². The van der Waals surface area contributed by atoms with E-state index in [1.165, 1.54) is 50.7 Å². The molecule has 1 amide bonds. The van der Waals surface area contributed by atoms with Crippen LogP contribution in [0.25, 0.3) is 0 Å². The summed E-state index contributed by atoms with van der Waals surface area (Å²) in [6.45, 7) is 1.92. The maximum Gasteiger partial charge on any atom is 0.416 e. The lowest BCUT2D eigenvalue weighted by molar-refractivity contribution is -0.137. The number of halogens is 3. The third-order valence-electron chi connectivity index (χ3n) is 6.93. The average molecular weight is 381 g/mol. The molecule has 3 nitrogen and oxygen atoms in total. The van der Waals surface area contributed by atoms with Gasteiger partial charge in [0.05, 0.1) is 5.56 Å². The Labute approximate surface area is 157 Å². The second-order valence-electron chi connectivity index (χ2n) is 8.88. The number of carbonyl (C=O) groups is 1. The quantitative estimate of drug-likeness (QED) is 0.795. The number of hydrogen-bond acceptors (Lipinski definition) is 2. The normalized spacial score (nSPS) is 33.0. The van der Waals surface area contributed by atoms with E-state index in [4.69, 9.17) is 4.74 Å². The Balaban J connectivity index is 1.31. The van der Waals surface area contributed by atoms with Crippen LogP contribution < -0.4 is 10.1 Å². The van der Waals surface area contributed by atoms with Crippen molar-refractivity contribution in [3.63, 3.8) is 0 Å². The molecular formula is C21H26F3NO2. The molecule has 4 aliphatic carbocycles. The minimum atomic E-state index is -4.37. The smallest absolute Gasteiger partial charge is 0.416 e. The number of ether oxygens (including phenoxy) is 1. The Kier molecular flexibility index (Phi) is 4.63. The summed E-state index contributed by atoms with van der Waals surface area (Å²) < 4.78 is 43.1. The summed E-state index contributed by atoms with van der Waals surface area (Å²) in [6.07, 6.45) is 3.33. The molecule has 4 bridgehead atoms. The predicted octanol–water partition coefficient (Wildman–Crippen LogP) is 4.81. The monoisotopic (exact) mass is 381 g/mol. The van der Waals surface area contributed by atoms with Crippen LogP contribution in [-0.2, 0) is 11.0 Å². The number of carbonyl (C=O) groups excluding carboxylic acids is 1. The van der Waals surface area contributed by atoms with Gasteiger partial charge in [0, 0.05) is 6.04 Å². The van der Waals surface area contributed by atoms with Gasteiger partial charge in [0.25, 0.3) is 5.91 Å². The lowest BCUT2D eigenvalue weighted by atomic mass is 9.48. The molecule has 0 spiro atoms. The summed E-state index contributed by atoms with van der Waals surface area (Å²) in [6, 6.07) is 4.53. The summed E-state index contributed by atoms with van der Waals surface area (Å²) in [5, 5.41) is 3.10. The van der Waals surface area contributed by atoms with Crippen LogP contribution in [0.5, 0.6) is 5.75 Å². The van der Waals surface area contributed by atoms with E-state index < -0.39 is 11.7 Å². The third kappa shape index (κ3) is 3.81. The minimum Gasteiger partial charge on any atom is -0.484 e. The topological polar surface area (TPSA) is 38.3 Å². The highest BCUT2D eigenvalue weighted by Crippen LogP contribution is 2.61. The van der Waals surface area contributed by atoms with Crippen LogP contribution in [0.3, 0.4) is 0 Å². The number of benzene rings is 1. The molecule has 0 unspecified atom stereocenters.